The minimum atomic E-state index is -4.50. The number of aromatic nitrogens is 6. The molecule has 0 radical (unpaired) electrons. The number of nitrogens with two attached hydrogens (primary N) is 1. The lowest BCUT2D eigenvalue weighted by molar-refractivity contribution is -0.592. The van der Waals surface area contributed by atoms with Gasteiger partial charge in [-0.25, -0.2) is 19.6 Å². The van der Waals surface area contributed by atoms with Crippen molar-refractivity contribution in [2.24, 2.45) is 0 Å². The summed E-state index contributed by atoms with van der Waals surface area (Å²) in [7, 11) is 1.58. The number of hydrogen-bond donors (Lipinski definition) is 2. The zero-order chi connectivity index (χ0) is 27.3. The maximum absolute atomic E-state index is 13.0. The van der Waals surface area contributed by atoms with E-state index in [-0.39, 0.29) is 0 Å². The Bertz CT molecular complexity index is 1420. The molecule has 198 valence electrons. The summed E-state index contributed by atoms with van der Waals surface area (Å²) in [6, 6.07) is 8.05. The molecule has 0 atom stereocenters. The normalized spacial score (nSPS) is 11.5. The Morgan fingerprint density at radius 3 is 2.50 bits per heavy atom. The van der Waals surface area contributed by atoms with Gasteiger partial charge in [0.15, 0.2) is 11.5 Å². The topological polar surface area (TPSA) is 128 Å². The highest BCUT2D eigenvalue weighted by Gasteiger charge is 2.34. The molecule has 0 bridgehead atoms. The number of alkyl halides is 3. The molecular formula is C25H26F3N8O2+. The first-order valence-electron chi connectivity index (χ1n) is 11.6. The SMILES string of the molecule is COCCOc1ncnc(C)c1-c1ncc(C=N)c([NH2+]Cc2ccc(-n3nc(C(F)(F)F)cc3C)cc2)n1. The number of methoxy groups -OCH3 is 1. The van der Waals surface area contributed by atoms with Gasteiger partial charge in [0.25, 0.3) is 0 Å². The van der Waals surface area contributed by atoms with Gasteiger partial charge in [-0.15, -0.1) is 0 Å². The lowest BCUT2D eigenvalue weighted by atomic mass is 10.2. The molecule has 3 aromatic heterocycles. The second-order valence-corrected chi connectivity index (χ2v) is 8.31. The molecule has 0 fully saturated rings. The average Bonchev–Trinajstić information content (AvgIpc) is 3.30. The first-order chi connectivity index (χ1) is 18.2. The van der Waals surface area contributed by atoms with Crippen LogP contribution >= 0.6 is 0 Å². The highest BCUT2D eigenvalue weighted by molar-refractivity contribution is 5.82. The van der Waals surface area contributed by atoms with Crippen molar-refractivity contribution in [3.63, 3.8) is 0 Å². The fourth-order valence-corrected chi connectivity index (χ4v) is 3.70. The molecule has 0 aliphatic carbocycles. The van der Waals surface area contributed by atoms with Crippen molar-refractivity contribution in [3.05, 3.63) is 71.1 Å². The third-order valence-corrected chi connectivity index (χ3v) is 5.65. The number of aryl methyl sites for hydroxylation is 2. The van der Waals surface area contributed by atoms with Crippen LogP contribution in [0.5, 0.6) is 5.88 Å². The molecule has 0 spiro atoms. The summed E-state index contributed by atoms with van der Waals surface area (Å²) in [6.07, 6.45) is -0.385. The third kappa shape index (κ3) is 6.01. The summed E-state index contributed by atoms with van der Waals surface area (Å²) in [5.74, 6) is 1.23. The number of nitrogens with one attached hydrogen (secondary N) is 1. The van der Waals surface area contributed by atoms with Gasteiger partial charge in [-0.3, -0.25) is 5.32 Å². The number of quaternary nitrogens is 1. The van der Waals surface area contributed by atoms with E-state index in [1.54, 1.807) is 39.3 Å². The molecule has 3 N–H and O–H groups in total. The molecule has 10 nitrogen and oxygen atoms in total. The smallest absolute Gasteiger partial charge is 0.435 e. The number of rotatable bonds is 10. The summed E-state index contributed by atoms with van der Waals surface area (Å²) in [5.41, 5.74) is 2.57. The fourth-order valence-electron chi connectivity index (χ4n) is 3.70. The van der Waals surface area contributed by atoms with Crippen molar-refractivity contribution in [1.82, 2.24) is 29.7 Å². The van der Waals surface area contributed by atoms with E-state index in [0.29, 0.717) is 65.5 Å². The third-order valence-electron chi connectivity index (χ3n) is 5.65. The molecular weight excluding hydrogens is 501 g/mol. The number of ether oxygens (including phenoxy) is 2. The second kappa shape index (κ2) is 11.4. The number of halogens is 3. The van der Waals surface area contributed by atoms with Crippen LogP contribution in [0.4, 0.5) is 19.0 Å². The number of benzene rings is 1. The van der Waals surface area contributed by atoms with E-state index < -0.39 is 11.9 Å². The Morgan fingerprint density at radius 2 is 1.84 bits per heavy atom. The fraction of sp³-hybridized carbons (Fsp3) is 0.280. The largest absolute Gasteiger partial charge is 0.475 e. The Morgan fingerprint density at radius 1 is 1.08 bits per heavy atom. The van der Waals surface area contributed by atoms with Gasteiger partial charge in [0.1, 0.15) is 25.0 Å². The molecule has 1 aromatic carbocycles. The Hall–Kier alpha value is -4.23. The standard InChI is InChI=1S/C25H25F3N8O2/c1-15-10-20(25(26,27)28)35-36(15)19-6-4-17(5-7-19)12-30-22-18(11-29)13-31-23(34-22)21-16(2)32-14-33-24(21)38-9-8-37-3/h4-7,10-11,13-14,29H,8-9,12H2,1-3H3,(H,30,31,34)/p+1. The van der Waals surface area contributed by atoms with Gasteiger partial charge >= 0.3 is 6.18 Å². The maximum atomic E-state index is 13.0. The van der Waals surface area contributed by atoms with Crippen LogP contribution in [0.25, 0.3) is 17.1 Å². The Balaban J connectivity index is 1.54. The van der Waals surface area contributed by atoms with Crippen LogP contribution in [0.3, 0.4) is 0 Å². The van der Waals surface area contributed by atoms with Gasteiger partial charge in [0.05, 0.1) is 23.6 Å². The van der Waals surface area contributed by atoms with E-state index in [1.165, 1.54) is 17.2 Å². The highest BCUT2D eigenvalue weighted by atomic mass is 19.4. The minimum absolute atomic E-state index is 0.295. The number of hydrogen-bond acceptors (Lipinski definition) is 8. The van der Waals surface area contributed by atoms with Gasteiger partial charge in [-0.1, -0.05) is 12.1 Å². The Labute approximate surface area is 216 Å². The lowest BCUT2D eigenvalue weighted by Gasteiger charge is -2.12. The summed E-state index contributed by atoms with van der Waals surface area (Å²) in [6.45, 7) is 4.52. The van der Waals surface area contributed by atoms with Crippen molar-refractivity contribution in [2.75, 3.05) is 20.3 Å². The van der Waals surface area contributed by atoms with E-state index in [9.17, 15) is 13.2 Å². The van der Waals surface area contributed by atoms with Crippen molar-refractivity contribution in [3.8, 4) is 23.0 Å². The average molecular weight is 528 g/mol. The van der Waals surface area contributed by atoms with Gasteiger partial charge in [0, 0.05) is 30.8 Å². The van der Waals surface area contributed by atoms with E-state index in [4.69, 9.17) is 14.9 Å². The summed E-state index contributed by atoms with van der Waals surface area (Å²) < 4.78 is 51.1. The summed E-state index contributed by atoms with van der Waals surface area (Å²) in [5, 5.41) is 13.3. The molecule has 0 amide bonds. The predicted molar refractivity (Wildman–Crippen MR) is 132 cm³/mol. The molecule has 4 rings (SSSR count). The number of nitrogens with zero attached hydrogens (tertiary/aromatic N) is 6. The van der Waals surface area contributed by atoms with Crippen LogP contribution in [0, 0.1) is 19.3 Å². The quantitative estimate of drug-likeness (QED) is 0.239. The van der Waals surface area contributed by atoms with Crippen LogP contribution in [0.15, 0.2) is 42.9 Å². The second-order valence-electron chi connectivity index (χ2n) is 8.31. The maximum Gasteiger partial charge on any atom is 0.435 e. The monoisotopic (exact) mass is 527 g/mol. The molecule has 0 saturated carbocycles. The Kier molecular flexibility index (Phi) is 8.08. The molecule has 0 saturated heterocycles. The molecule has 4 aromatic rings. The van der Waals surface area contributed by atoms with Crippen LogP contribution in [-0.2, 0) is 17.5 Å². The van der Waals surface area contributed by atoms with Crippen LogP contribution in [0.1, 0.15) is 28.2 Å². The van der Waals surface area contributed by atoms with Crippen molar-refractivity contribution >= 4 is 12.0 Å². The minimum Gasteiger partial charge on any atom is -0.475 e. The van der Waals surface area contributed by atoms with Crippen molar-refractivity contribution in [2.45, 2.75) is 26.6 Å². The lowest BCUT2D eigenvalue weighted by Crippen LogP contribution is -2.77. The predicted octanol–water partition coefficient (Wildman–Crippen LogP) is 3.17. The van der Waals surface area contributed by atoms with Crippen LogP contribution < -0.4 is 10.1 Å². The summed E-state index contributed by atoms with van der Waals surface area (Å²) >= 11 is 0. The molecule has 38 heavy (non-hydrogen) atoms. The first kappa shape index (κ1) is 26.8. The van der Waals surface area contributed by atoms with E-state index in [1.807, 2.05) is 17.4 Å². The molecule has 13 heteroatoms. The van der Waals surface area contributed by atoms with Crippen molar-refractivity contribution < 1.29 is 28.0 Å². The molecule has 0 aliphatic rings. The van der Waals surface area contributed by atoms with Crippen LogP contribution in [-0.4, -0.2) is 56.3 Å². The zero-order valence-electron chi connectivity index (χ0n) is 21.0. The van der Waals surface area contributed by atoms with E-state index in [0.717, 1.165) is 11.6 Å². The molecule has 0 aliphatic heterocycles. The first-order valence-corrected chi connectivity index (χ1v) is 11.6. The summed E-state index contributed by atoms with van der Waals surface area (Å²) in [4.78, 5) is 17.5. The van der Waals surface area contributed by atoms with Crippen LogP contribution in [0.2, 0.25) is 0 Å². The van der Waals surface area contributed by atoms with E-state index >= 15 is 0 Å². The van der Waals surface area contributed by atoms with Gasteiger partial charge in [0.2, 0.25) is 11.7 Å². The zero-order valence-corrected chi connectivity index (χ0v) is 21.0. The van der Waals surface area contributed by atoms with Gasteiger partial charge < -0.3 is 14.9 Å². The van der Waals surface area contributed by atoms with Gasteiger partial charge in [-0.05, 0) is 32.0 Å². The van der Waals surface area contributed by atoms with E-state index in [2.05, 4.69) is 25.0 Å². The molecule has 0 unspecified atom stereocenters. The molecule has 3 heterocycles. The van der Waals surface area contributed by atoms with Crippen molar-refractivity contribution in [1.29, 1.82) is 5.41 Å². The highest BCUT2D eigenvalue weighted by Crippen LogP contribution is 2.30. The van der Waals surface area contributed by atoms with Gasteiger partial charge in [-0.2, -0.15) is 23.3 Å².